The van der Waals surface area contributed by atoms with Crippen molar-refractivity contribution in [1.29, 1.82) is 0 Å². The van der Waals surface area contributed by atoms with E-state index in [0.29, 0.717) is 18.1 Å². The third-order valence-corrected chi connectivity index (χ3v) is 3.36. The van der Waals surface area contributed by atoms with Crippen LogP contribution in [0, 0.1) is 0 Å². The summed E-state index contributed by atoms with van der Waals surface area (Å²) >= 11 is 0. The van der Waals surface area contributed by atoms with Gasteiger partial charge >= 0.3 is 0 Å². The fourth-order valence-electron chi connectivity index (χ4n) is 1.95. The highest BCUT2D eigenvalue weighted by Crippen LogP contribution is 2.29. The zero-order valence-electron chi connectivity index (χ0n) is 12.0. The summed E-state index contributed by atoms with van der Waals surface area (Å²) in [5.74, 6) is 0.789. The molecule has 0 saturated heterocycles. The number of aromatic nitrogens is 2. The lowest BCUT2D eigenvalue weighted by atomic mass is 9.97. The second-order valence-electron chi connectivity index (χ2n) is 4.94. The number of methoxy groups -OCH3 is 1. The highest BCUT2D eigenvalue weighted by Gasteiger charge is 2.24. The molecule has 1 aromatic carbocycles. The standard InChI is InChI=1S/C15H20N2O3/c1-10(19-3)9-13-16-15(20-17-13)11(2)14(18)12-7-5-4-6-8-12/h4-8,10-11,14,18H,9H2,1-3H3. The van der Waals surface area contributed by atoms with Gasteiger partial charge in [0.2, 0.25) is 5.89 Å². The van der Waals surface area contributed by atoms with Gasteiger partial charge in [-0.1, -0.05) is 42.4 Å². The molecule has 0 aliphatic rings. The van der Waals surface area contributed by atoms with Crippen LogP contribution in [0.25, 0.3) is 0 Å². The Kier molecular flexibility index (Phi) is 4.87. The average Bonchev–Trinajstić information content (AvgIpc) is 2.95. The fraction of sp³-hybridized carbons (Fsp3) is 0.467. The molecule has 20 heavy (non-hydrogen) atoms. The predicted octanol–water partition coefficient (Wildman–Crippen LogP) is 2.48. The van der Waals surface area contributed by atoms with Crippen molar-refractivity contribution >= 4 is 0 Å². The van der Waals surface area contributed by atoms with Gasteiger partial charge in [-0.2, -0.15) is 4.98 Å². The molecule has 1 aromatic heterocycles. The molecule has 3 unspecified atom stereocenters. The Balaban J connectivity index is 2.07. The molecule has 0 aliphatic carbocycles. The summed E-state index contributed by atoms with van der Waals surface area (Å²) in [6, 6.07) is 9.46. The van der Waals surface area contributed by atoms with Crippen molar-refractivity contribution in [3.05, 3.63) is 47.6 Å². The maximum atomic E-state index is 10.3. The molecule has 0 spiro atoms. The second kappa shape index (κ2) is 6.63. The van der Waals surface area contributed by atoms with Gasteiger partial charge in [-0.05, 0) is 12.5 Å². The van der Waals surface area contributed by atoms with Crippen molar-refractivity contribution in [3.63, 3.8) is 0 Å². The summed E-state index contributed by atoms with van der Waals surface area (Å²) in [4.78, 5) is 4.33. The Bertz CT molecular complexity index is 527. The molecular weight excluding hydrogens is 256 g/mol. The van der Waals surface area contributed by atoms with Crippen molar-refractivity contribution < 1.29 is 14.4 Å². The summed E-state index contributed by atoms with van der Waals surface area (Å²) in [5.41, 5.74) is 0.838. The minimum Gasteiger partial charge on any atom is -0.388 e. The van der Waals surface area contributed by atoms with Crippen LogP contribution in [0.15, 0.2) is 34.9 Å². The molecule has 5 nitrogen and oxygen atoms in total. The lowest BCUT2D eigenvalue weighted by Crippen LogP contribution is -2.11. The zero-order valence-corrected chi connectivity index (χ0v) is 12.0. The van der Waals surface area contributed by atoms with E-state index < -0.39 is 6.10 Å². The van der Waals surface area contributed by atoms with Crippen molar-refractivity contribution in [2.24, 2.45) is 0 Å². The summed E-state index contributed by atoms with van der Waals surface area (Å²) < 4.78 is 10.4. The molecule has 1 N–H and O–H groups in total. The summed E-state index contributed by atoms with van der Waals surface area (Å²) in [6.07, 6.45) is -0.0344. The van der Waals surface area contributed by atoms with E-state index in [1.54, 1.807) is 7.11 Å². The van der Waals surface area contributed by atoms with Crippen LogP contribution in [0.5, 0.6) is 0 Å². The number of aliphatic hydroxyl groups excluding tert-OH is 1. The van der Waals surface area contributed by atoms with E-state index in [4.69, 9.17) is 9.26 Å². The van der Waals surface area contributed by atoms with Crippen molar-refractivity contribution in [1.82, 2.24) is 10.1 Å². The van der Waals surface area contributed by atoms with Crippen LogP contribution in [0.3, 0.4) is 0 Å². The lowest BCUT2D eigenvalue weighted by molar-refractivity contribution is 0.116. The third kappa shape index (κ3) is 3.43. The minimum atomic E-state index is -0.663. The van der Waals surface area contributed by atoms with E-state index in [-0.39, 0.29) is 12.0 Å². The van der Waals surface area contributed by atoms with Crippen LogP contribution in [0.1, 0.15) is 43.1 Å². The van der Waals surface area contributed by atoms with E-state index in [2.05, 4.69) is 10.1 Å². The van der Waals surface area contributed by atoms with Gasteiger partial charge < -0.3 is 14.4 Å². The van der Waals surface area contributed by atoms with E-state index in [1.165, 1.54) is 0 Å². The van der Waals surface area contributed by atoms with E-state index in [0.717, 1.165) is 5.56 Å². The number of hydrogen-bond acceptors (Lipinski definition) is 5. The molecule has 3 atom stereocenters. The Labute approximate surface area is 118 Å². The highest BCUT2D eigenvalue weighted by molar-refractivity contribution is 5.20. The average molecular weight is 276 g/mol. The lowest BCUT2D eigenvalue weighted by Gasteiger charge is -2.15. The maximum absolute atomic E-state index is 10.3. The minimum absolute atomic E-state index is 0.0369. The number of hydrogen-bond donors (Lipinski definition) is 1. The van der Waals surface area contributed by atoms with Crippen LogP contribution >= 0.6 is 0 Å². The van der Waals surface area contributed by atoms with Crippen LogP contribution in [-0.4, -0.2) is 28.5 Å². The molecule has 1 heterocycles. The Morgan fingerprint density at radius 3 is 2.60 bits per heavy atom. The summed E-state index contributed by atoms with van der Waals surface area (Å²) in [6.45, 7) is 3.81. The molecule has 0 radical (unpaired) electrons. The smallest absolute Gasteiger partial charge is 0.232 e. The quantitative estimate of drug-likeness (QED) is 0.877. The van der Waals surface area contributed by atoms with Gasteiger partial charge in [-0.25, -0.2) is 0 Å². The fourth-order valence-corrected chi connectivity index (χ4v) is 1.95. The van der Waals surface area contributed by atoms with Crippen LogP contribution in [-0.2, 0) is 11.2 Å². The van der Waals surface area contributed by atoms with E-state index in [9.17, 15) is 5.11 Å². The predicted molar refractivity (Wildman–Crippen MR) is 74.3 cm³/mol. The SMILES string of the molecule is COC(C)Cc1noc(C(C)C(O)c2ccccc2)n1. The van der Waals surface area contributed by atoms with Gasteiger partial charge in [0.25, 0.3) is 0 Å². The molecule has 2 rings (SSSR count). The topological polar surface area (TPSA) is 68.4 Å². The zero-order chi connectivity index (χ0) is 14.5. The number of aliphatic hydroxyl groups is 1. The number of ether oxygens (including phenoxy) is 1. The molecule has 5 heteroatoms. The van der Waals surface area contributed by atoms with Crippen LogP contribution in [0.4, 0.5) is 0 Å². The monoisotopic (exact) mass is 276 g/mol. The first-order chi connectivity index (χ1) is 9.61. The largest absolute Gasteiger partial charge is 0.388 e. The molecule has 0 bridgehead atoms. The van der Waals surface area contributed by atoms with Crippen molar-refractivity contribution in [3.8, 4) is 0 Å². The molecule has 0 fully saturated rings. The van der Waals surface area contributed by atoms with Gasteiger partial charge in [0, 0.05) is 13.5 Å². The first-order valence-corrected chi connectivity index (χ1v) is 6.70. The highest BCUT2D eigenvalue weighted by atomic mass is 16.5. The van der Waals surface area contributed by atoms with Crippen molar-refractivity contribution in [2.75, 3.05) is 7.11 Å². The third-order valence-electron chi connectivity index (χ3n) is 3.36. The number of benzene rings is 1. The van der Waals surface area contributed by atoms with Gasteiger partial charge in [0.05, 0.1) is 18.1 Å². The van der Waals surface area contributed by atoms with Gasteiger partial charge in [0.1, 0.15) is 0 Å². The first kappa shape index (κ1) is 14.7. The van der Waals surface area contributed by atoms with Crippen molar-refractivity contribution in [2.45, 2.75) is 38.4 Å². The molecule has 0 saturated carbocycles. The maximum Gasteiger partial charge on any atom is 0.232 e. The van der Waals surface area contributed by atoms with Crippen LogP contribution < -0.4 is 0 Å². The molecule has 2 aromatic rings. The first-order valence-electron chi connectivity index (χ1n) is 6.70. The van der Waals surface area contributed by atoms with E-state index >= 15 is 0 Å². The Morgan fingerprint density at radius 2 is 1.95 bits per heavy atom. The molecule has 0 aliphatic heterocycles. The Hall–Kier alpha value is -1.72. The summed E-state index contributed by atoms with van der Waals surface area (Å²) in [5, 5.41) is 14.3. The Morgan fingerprint density at radius 1 is 1.25 bits per heavy atom. The van der Waals surface area contributed by atoms with Crippen LogP contribution in [0.2, 0.25) is 0 Å². The molecule has 0 amide bonds. The summed E-state index contributed by atoms with van der Waals surface area (Å²) in [7, 11) is 1.65. The molecular formula is C15H20N2O3. The van der Waals surface area contributed by atoms with Gasteiger partial charge in [-0.3, -0.25) is 0 Å². The number of nitrogens with zero attached hydrogens (tertiary/aromatic N) is 2. The number of rotatable bonds is 6. The second-order valence-corrected chi connectivity index (χ2v) is 4.94. The van der Waals surface area contributed by atoms with Gasteiger partial charge in [-0.15, -0.1) is 0 Å². The van der Waals surface area contributed by atoms with E-state index in [1.807, 2.05) is 44.2 Å². The van der Waals surface area contributed by atoms with Gasteiger partial charge in [0.15, 0.2) is 5.82 Å². The molecule has 108 valence electrons. The normalized spacial score (nSPS) is 15.8.